The molecule has 1 saturated heterocycles. The Morgan fingerprint density at radius 2 is 2.15 bits per heavy atom. The highest BCUT2D eigenvalue weighted by molar-refractivity contribution is 6.30. The second kappa shape index (κ2) is 6.60. The van der Waals surface area contributed by atoms with E-state index in [0.717, 1.165) is 16.9 Å². The van der Waals surface area contributed by atoms with Crippen molar-refractivity contribution in [1.29, 1.82) is 0 Å². The van der Waals surface area contributed by atoms with Crippen LogP contribution in [0.1, 0.15) is 11.7 Å². The maximum absolute atomic E-state index is 6.12. The molecule has 5 rings (SSSR count). The largest absolute Gasteiger partial charge is 0.370 e. The molecular weight excluding hydrogens is 368 g/mol. The fourth-order valence-corrected chi connectivity index (χ4v) is 3.31. The molecule has 0 aliphatic carbocycles. The van der Waals surface area contributed by atoms with Crippen LogP contribution >= 0.6 is 11.6 Å². The third-order valence-electron chi connectivity index (χ3n) is 4.50. The van der Waals surface area contributed by atoms with Crippen molar-refractivity contribution in [2.45, 2.75) is 6.10 Å². The van der Waals surface area contributed by atoms with Crippen molar-refractivity contribution in [3.05, 3.63) is 53.8 Å². The first-order valence-electron chi connectivity index (χ1n) is 8.45. The maximum Gasteiger partial charge on any atom is 0.229 e. The zero-order chi connectivity index (χ0) is 18.2. The molecule has 27 heavy (non-hydrogen) atoms. The average Bonchev–Trinajstić information content (AvgIpc) is 3.38. The first-order chi connectivity index (χ1) is 13.3. The van der Waals surface area contributed by atoms with E-state index in [1.165, 1.54) is 6.33 Å². The third kappa shape index (κ3) is 3.00. The number of ether oxygens (including phenoxy) is 1. The summed E-state index contributed by atoms with van der Waals surface area (Å²) >= 11 is 6.12. The smallest absolute Gasteiger partial charge is 0.229 e. The van der Waals surface area contributed by atoms with Gasteiger partial charge < -0.3 is 9.64 Å². The van der Waals surface area contributed by atoms with E-state index in [4.69, 9.17) is 16.3 Å². The highest BCUT2D eigenvalue weighted by Crippen LogP contribution is 2.25. The number of morpholine rings is 1. The Labute approximate surface area is 159 Å². The summed E-state index contributed by atoms with van der Waals surface area (Å²) in [5.74, 6) is 1.15. The van der Waals surface area contributed by atoms with Crippen LogP contribution in [0, 0.1) is 0 Å². The molecule has 0 radical (unpaired) electrons. The summed E-state index contributed by atoms with van der Waals surface area (Å²) in [6, 6.07) is 3.65. The zero-order valence-corrected chi connectivity index (χ0v) is 14.9. The van der Waals surface area contributed by atoms with Gasteiger partial charge in [0.25, 0.3) is 0 Å². The van der Waals surface area contributed by atoms with Gasteiger partial charge in [-0.05, 0) is 12.1 Å². The van der Waals surface area contributed by atoms with Crippen LogP contribution < -0.4 is 4.90 Å². The van der Waals surface area contributed by atoms with Gasteiger partial charge >= 0.3 is 0 Å². The van der Waals surface area contributed by atoms with Gasteiger partial charge in [0.1, 0.15) is 23.8 Å². The van der Waals surface area contributed by atoms with E-state index in [9.17, 15) is 0 Å². The molecule has 5 heterocycles. The Morgan fingerprint density at radius 1 is 1.19 bits per heavy atom. The molecule has 1 fully saturated rings. The normalized spacial score (nSPS) is 17.5. The van der Waals surface area contributed by atoms with Crippen LogP contribution in [-0.4, -0.2) is 54.2 Å². The number of rotatable bonds is 3. The number of halogens is 1. The summed E-state index contributed by atoms with van der Waals surface area (Å²) in [5.41, 5.74) is 2.55. The predicted molar refractivity (Wildman–Crippen MR) is 98.5 cm³/mol. The van der Waals surface area contributed by atoms with Crippen molar-refractivity contribution in [1.82, 2.24) is 34.5 Å². The molecule has 0 amide bonds. The maximum atomic E-state index is 6.12. The van der Waals surface area contributed by atoms with E-state index in [0.29, 0.717) is 36.5 Å². The molecular formula is C17H15ClN8O. The van der Waals surface area contributed by atoms with Gasteiger partial charge in [-0.3, -0.25) is 9.50 Å². The van der Waals surface area contributed by atoms with E-state index >= 15 is 0 Å². The Bertz CT molecular complexity index is 1080. The van der Waals surface area contributed by atoms with Crippen LogP contribution in [0.15, 0.2) is 43.2 Å². The number of fused-ring (bicyclic) bond motifs is 1. The van der Waals surface area contributed by atoms with Gasteiger partial charge in [-0.25, -0.2) is 15.0 Å². The van der Waals surface area contributed by atoms with Crippen molar-refractivity contribution in [3.63, 3.8) is 0 Å². The minimum atomic E-state index is -0.0766. The Kier molecular flexibility index (Phi) is 3.95. The van der Waals surface area contributed by atoms with Gasteiger partial charge in [0.05, 0.1) is 30.6 Å². The van der Waals surface area contributed by atoms with Gasteiger partial charge in [-0.15, -0.1) is 0 Å². The summed E-state index contributed by atoms with van der Waals surface area (Å²) < 4.78 is 7.72. The van der Waals surface area contributed by atoms with Crippen molar-refractivity contribution in [2.24, 2.45) is 0 Å². The van der Waals surface area contributed by atoms with Crippen molar-refractivity contribution >= 4 is 23.2 Å². The van der Waals surface area contributed by atoms with Gasteiger partial charge in [0.15, 0.2) is 5.82 Å². The lowest BCUT2D eigenvalue weighted by Crippen LogP contribution is -2.39. The van der Waals surface area contributed by atoms with Crippen LogP contribution in [0.4, 0.5) is 5.95 Å². The summed E-state index contributed by atoms with van der Waals surface area (Å²) in [5, 5.41) is 7.43. The van der Waals surface area contributed by atoms with Gasteiger partial charge in [-0.2, -0.15) is 10.1 Å². The van der Waals surface area contributed by atoms with E-state index in [1.807, 2.05) is 16.7 Å². The Hall–Kier alpha value is -3.04. The van der Waals surface area contributed by atoms with Gasteiger partial charge in [-0.1, -0.05) is 11.6 Å². The van der Waals surface area contributed by atoms with Crippen LogP contribution in [-0.2, 0) is 4.74 Å². The van der Waals surface area contributed by atoms with Crippen LogP contribution in [0.25, 0.3) is 17.2 Å². The molecule has 4 aromatic heterocycles. The predicted octanol–water partition coefficient (Wildman–Crippen LogP) is 2.14. The summed E-state index contributed by atoms with van der Waals surface area (Å²) in [6.07, 6.45) is 8.59. The number of hydrogen-bond acceptors (Lipinski definition) is 7. The molecule has 0 aromatic carbocycles. The number of nitrogens with one attached hydrogen (secondary N) is 1. The fourth-order valence-electron chi connectivity index (χ4n) is 3.15. The zero-order valence-electron chi connectivity index (χ0n) is 14.2. The minimum Gasteiger partial charge on any atom is -0.370 e. The number of hydrogen-bond donors (Lipinski definition) is 1. The second-order valence-corrected chi connectivity index (χ2v) is 6.60. The summed E-state index contributed by atoms with van der Waals surface area (Å²) in [6.45, 7) is 1.93. The number of imidazole rings is 1. The minimum absolute atomic E-state index is 0.0766. The molecule has 0 bridgehead atoms. The standard InChI is InChI=1S/C17H15ClN8O/c18-12-1-2-15-19-7-13(26(15)8-12)16-20-10-21-17(24-16)25-3-4-27-14(9-25)11-5-22-23-6-11/h1-2,5-8,10,14H,3-4,9H2,(H,22,23). The fraction of sp³-hybridized carbons (Fsp3) is 0.235. The monoisotopic (exact) mass is 382 g/mol. The molecule has 1 aliphatic heterocycles. The van der Waals surface area contributed by atoms with Crippen molar-refractivity contribution < 1.29 is 4.74 Å². The van der Waals surface area contributed by atoms with E-state index < -0.39 is 0 Å². The molecule has 0 saturated carbocycles. The quantitative estimate of drug-likeness (QED) is 0.579. The number of aromatic amines is 1. The third-order valence-corrected chi connectivity index (χ3v) is 4.72. The van der Waals surface area contributed by atoms with Crippen LogP contribution in [0.3, 0.4) is 0 Å². The lowest BCUT2D eigenvalue weighted by molar-refractivity contribution is 0.0392. The molecule has 10 heteroatoms. The van der Waals surface area contributed by atoms with E-state index in [2.05, 4.69) is 35.0 Å². The second-order valence-electron chi connectivity index (χ2n) is 6.17. The van der Waals surface area contributed by atoms with Gasteiger partial charge in [0, 0.05) is 24.5 Å². The number of H-pyrrole nitrogens is 1. The molecule has 4 aromatic rings. The molecule has 9 nitrogen and oxygen atoms in total. The molecule has 1 atom stereocenters. The van der Waals surface area contributed by atoms with Crippen molar-refractivity contribution in [2.75, 3.05) is 24.6 Å². The SMILES string of the molecule is Clc1ccc2ncc(-c3ncnc(N4CCOC(c5cn[nH]c5)C4)n3)n2c1. The van der Waals surface area contributed by atoms with E-state index in [-0.39, 0.29) is 6.10 Å². The van der Waals surface area contributed by atoms with Crippen LogP contribution in [0.2, 0.25) is 5.02 Å². The number of anilines is 1. The van der Waals surface area contributed by atoms with E-state index in [1.54, 1.807) is 24.7 Å². The molecule has 136 valence electrons. The topological polar surface area (TPSA) is 97.1 Å². The first-order valence-corrected chi connectivity index (χ1v) is 8.83. The summed E-state index contributed by atoms with van der Waals surface area (Å²) in [4.78, 5) is 19.8. The molecule has 1 N–H and O–H groups in total. The number of aromatic nitrogens is 7. The first kappa shape index (κ1) is 16.2. The van der Waals surface area contributed by atoms with Gasteiger partial charge in [0.2, 0.25) is 5.95 Å². The highest BCUT2D eigenvalue weighted by Gasteiger charge is 2.25. The highest BCUT2D eigenvalue weighted by atomic mass is 35.5. The molecule has 0 spiro atoms. The molecule has 1 aliphatic rings. The lowest BCUT2D eigenvalue weighted by Gasteiger charge is -2.32. The number of pyridine rings is 1. The van der Waals surface area contributed by atoms with Crippen LogP contribution in [0.5, 0.6) is 0 Å². The Balaban J connectivity index is 1.47. The average molecular weight is 383 g/mol. The number of nitrogens with zero attached hydrogens (tertiary/aromatic N) is 7. The molecule has 1 unspecified atom stereocenters. The summed E-state index contributed by atoms with van der Waals surface area (Å²) in [7, 11) is 0. The Morgan fingerprint density at radius 3 is 3.04 bits per heavy atom. The van der Waals surface area contributed by atoms with Crippen molar-refractivity contribution in [3.8, 4) is 11.5 Å². The lowest BCUT2D eigenvalue weighted by atomic mass is 10.2.